The fraction of sp³-hybridized carbons (Fsp3) is 0.389. The number of piperidine rings is 1. The summed E-state index contributed by atoms with van der Waals surface area (Å²) < 4.78 is 12.9. The van der Waals surface area contributed by atoms with Gasteiger partial charge in [0.15, 0.2) is 0 Å². The molecule has 1 saturated heterocycles. The molecular weight excluding hydrogens is 343 g/mol. The minimum atomic E-state index is -0.840. The monoisotopic (exact) mass is 362 g/mol. The highest BCUT2D eigenvalue weighted by molar-refractivity contribution is 7.09. The number of carboxylic acid groups (broad SMARTS) is 1. The summed E-state index contributed by atoms with van der Waals surface area (Å²) in [6, 6.07) is 6.29. The van der Waals surface area contributed by atoms with Crippen LogP contribution >= 0.6 is 11.3 Å². The van der Waals surface area contributed by atoms with E-state index in [2.05, 4.69) is 4.98 Å². The molecule has 0 spiro atoms. The van der Waals surface area contributed by atoms with Crippen LogP contribution in [0.15, 0.2) is 29.6 Å². The third kappa shape index (κ3) is 4.63. The van der Waals surface area contributed by atoms with Crippen molar-refractivity contribution in [1.29, 1.82) is 0 Å². The Balaban J connectivity index is 1.58. The molecule has 1 unspecified atom stereocenters. The number of carbonyl (C=O) groups is 2. The number of rotatable bonds is 5. The SMILES string of the molecule is O=C(O)C1CCCN(C(=O)Cc2csc(Cc3ccc(F)cc3)n2)C1. The van der Waals surface area contributed by atoms with Crippen molar-refractivity contribution in [2.24, 2.45) is 5.92 Å². The number of likely N-dealkylation sites (tertiary alicyclic amines) is 1. The summed E-state index contributed by atoms with van der Waals surface area (Å²) in [7, 11) is 0. The number of hydrogen-bond donors (Lipinski definition) is 1. The maximum absolute atomic E-state index is 12.9. The van der Waals surface area contributed by atoms with Gasteiger partial charge in [0.25, 0.3) is 0 Å². The van der Waals surface area contributed by atoms with Gasteiger partial charge in [0, 0.05) is 24.9 Å². The predicted octanol–water partition coefficient (Wildman–Crippen LogP) is 2.74. The minimum Gasteiger partial charge on any atom is -0.481 e. The van der Waals surface area contributed by atoms with Gasteiger partial charge in [-0.25, -0.2) is 9.37 Å². The minimum absolute atomic E-state index is 0.0791. The Labute approximate surface area is 149 Å². The van der Waals surface area contributed by atoms with Gasteiger partial charge >= 0.3 is 5.97 Å². The summed E-state index contributed by atoms with van der Waals surface area (Å²) in [5.41, 5.74) is 1.67. The van der Waals surface area contributed by atoms with Crippen molar-refractivity contribution in [3.8, 4) is 0 Å². The zero-order valence-electron chi connectivity index (χ0n) is 13.7. The molecule has 1 aromatic heterocycles. The molecule has 3 rings (SSSR count). The average Bonchev–Trinajstić information content (AvgIpc) is 3.04. The quantitative estimate of drug-likeness (QED) is 0.888. The Morgan fingerprint density at radius 2 is 2.08 bits per heavy atom. The first-order valence-corrected chi connectivity index (χ1v) is 9.07. The van der Waals surface area contributed by atoms with Crippen molar-refractivity contribution in [3.63, 3.8) is 0 Å². The molecule has 1 aliphatic rings. The Morgan fingerprint density at radius 1 is 1.32 bits per heavy atom. The number of aliphatic carboxylic acids is 1. The molecule has 0 saturated carbocycles. The molecular formula is C18H19FN2O3S. The topological polar surface area (TPSA) is 70.5 Å². The van der Waals surface area contributed by atoms with E-state index in [1.165, 1.54) is 23.5 Å². The molecule has 0 radical (unpaired) electrons. The van der Waals surface area contributed by atoms with Gasteiger partial charge in [-0.2, -0.15) is 0 Å². The molecule has 7 heteroatoms. The second-order valence-corrected chi connectivity index (χ2v) is 7.17. The number of aromatic nitrogens is 1. The summed E-state index contributed by atoms with van der Waals surface area (Å²) in [4.78, 5) is 29.6. The van der Waals surface area contributed by atoms with Crippen LogP contribution in [0.25, 0.3) is 0 Å². The molecule has 1 fully saturated rings. The van der Waals surface area contributed by atoms with Gasteiger partial charge in [0.05, 0.1) is 23.0 Å². The number of halogens is 1. The lowest BCUT2D eigenvalue weighted by atomic mass is 9.98. The Hall–Kier alpha value is -2.28. The van der Waals surface area contributed by atoms with E-state index in [-0.39, 0.29) is 24.7 Å². The molecule has 0 aliphatic carbocycles. The molecule has 1 aliphatic heterocycles. The third-order valence-electron chi connectivity index (χ3n) is 4.32. The number of benzene rings is 1. The number of amides is 1. The zero-order valence-corrected chi connectivity index (χ0v) is 14.5. The van der Waals surface area contributed by atoms with E-state index in [0.29, 0.717) is 25.1 Å². The largest absolute Gasteiger partial charge is 0.481 e. The van der Waals surface area contributed by atoms with Gasteiger partial charge in [-0.1, -0.05) is 12.1 Å². The molecule has 1 amide bonds. The number of hydrogen-bond acceptors (Lipinski definition) is 4. The molecule has 1 N–H and O–H groups in total. The molecule has 2 heterocycles. The standard InChI is InChI=1S/C18H19FN2O3S/c19-14-5-3-12(4-6-14)8-16-20-15(11-25-16)9-17(22)21-7-1-2-13(10-21)18(23)24/h3-6,11,13H,1-2,7-10H2,(H,23,24). The van der Waals surface area contributed by atoms with Crippen LogP contribution in [0, 0.1) is 11.7 Å². The van der Waals surface area contributed by atoms with Gasteiger partial charge < -0.3 is 10.0 Å². The fourth-order valence-corrected chi connectivity index (χ4v) is 3.79. The van der Waals surface area contributed by atoms with E-state index in [1.807, 2.05) is 5.38 Å². The van der Waals surface area contributed by atoms with Gasteiger partial charge in [-0.05, 0) is 30.5 Å². The highest BCUT2D eigenvalue weighted by Gasteiger charge is 2.28. The maximum atomic E-state index is 12.9. The van der Waals surface area contributed by atoms with E-state index in [9.17, 15) is 14.0 Å². The molecule has 132 valence electrons. The third-order valence-corrected chi connectivity index (χ3v) is 5.22. The summed E-state index contributed by atoms with van der Waals surface area (Å²) in [6.07, 6.45) is 2.13. The van der Waals surface area contributed by atoms with E-state index in [0.717, 1.165) is 17.0 Å². The number of carboxylic acids is 1. The first-order valence-electron chi connectivity index (χ1n) is 8.19. The second kappa shape index (κ2) is 7.74. The van der Waals surface area contributed by atoms with Crippen LogP contribution in [0.2, 0.25) is 0 Å². The first-order chi connectivity index (χ1) is 12.0. The zero-order chi connectivity index (χ0) is 17.8. The smallest absolute Gasteiger partial charge is 0.308 e. The van der Waals surface area contributed by atoms with Gasteiger partial charge in [-0.15, -0.1) is 11.3 Å². The van der Waals surface area contributed by atoms with Gasteiger partial charge in [0.1, 0.15) is 5.82 Å². The molecule has 0 bridgehead atoms. The summed E-state index contributed by atoms with van der Waals surface area (Å²) >= 11 is 1.47. The Kier molecular flexibility index (Phi) is 5.43. The lowest BCUT2D eigenvalue weighted by Gasteiger charge is -2.30. The molecule has 1 aromatic carbocycles. The van der Waals surface area contributed by atoms with Crippen molar-refractivity contribution in [2.75, 3.05) is 13.1 Å². The van der Waals surface area contributed by atoms with Gasteiger partial charge in [-0.3, -0.25) is 9.59 Å². The predicted molar refractivity (Wildman–Crippen MR) is 92.0 cm³/mol. The van der Waals surface area contributed by atoms with E-state index in [4.69, 9.17) is 5.11 Å². The summed E-state index contributed by atoms with van der Waals surface area (Å²) in [6.45, 7) is 0.885. The fourth-order valence-electron chi connectivity index (χ4n) is 2.96. The molecule has 2 aromatic rings. The number of nitrogens with zero attached hydrogens (tertiary/aromatic N) is 2. The Morgan fingerprint density at radius 3 is 2.80 bits per heavy atom. The van der Waals surface area contributed by atoms with Crippen molar-refractivity contribution < 1.29 is 19.1 Å². The van der Waals surface area contributed by atoms with Crippen LogP contribution in [0.3, 0.4) is 0 Å². The van der Waals surface area contributed by atoms with Crippen LogP contribution in [0.1, 0.15) is 29.1 Å². The number of carbonyl (C=O) groups excluding carboxylic acids is 1. The number of thiazole rings is 1. The molecule has 5 nitrogen and oxygen atoms in total. The van der Waals surface area contributed by atoms with Crippen LogP contribution in [-0.2, 0) is 22.4 Å². The van der Waals surface area contributed by atoms with Crippen molar-refractivity contribution in [2.45, 2.75) is 25.7 Å². The maximum Gasteiger partial charge on any atom is 0.308 e. The second-order valence-electron chi connectivity index (χ2n) is 6.23. The lowest BCUT2D eigenvalue weighted by molar-refractivity contribution is -0.145. The average molecular weight is 362 g/mol. The lowest BCUT2D eigenvalue weighted by Crippen LogP contribution is -2.43. The molecule has 25 heavy (non-hydrogen) atoms. The van der Waals surface area contributed by atoms with Crippen molar-refractivity contribution >= 4 is 23.2 Å². The highest BCUT2D eigenvalue weighted by atomic mass is 32.1. The molecule has 1 atom stereocenters. The van der Waals surface area contributed by atoms with Crippen molar-refractivity contribution in [1.82, 2.24) is 9.88 Å². The van der Waals surface area contributed by atoms with Crippen LogP contribution < -0.4 is 0 Å². The summed E-state index contributed by atoms with van der Waals surface area (Å²) in [5, 5.41) is 11.8. The van der Waals surface area contributed by atoms with Crippen LogP contribution in [0.5, 0.6) is 0 Å². The highest BCUT2D eigenvalue weighted by Crippen LogP contribution is 2.19. The van der Waals surface area contributed by atoms with Crippen molar-refractivity contribution in [3.05, 3.63) is 51.7 Å². The normalized spacial score (nSPS) is 17.5. The van der Waals surface area contributed by atoms with E-state index in [1.54, 1.807) is 17.0 Å². The van der Waals surface area contributed by atoms with E-state index < -0.39 is 11.9 Å². The van der Waals surface area contributed by atoms with Crippen LogP contribution in [0.4, 0.5) is 4.39 Å². The van der Waals surface area contributed by atoms with E-state index >= 15 is 0 Å². The summed E-state index contributed by atoms with van der Waals surface area (Å²) in [5.74, 6) is -1.66. The van der Waals surface area contributed by atoms with Crippen LogP contribution in [-0.4, -0.2) is 40.0 Å². The Bertz CT molecular complexity index is 760. The first kappa shape index (κ1) is 17.5. The van der Waals surface area contributed by atoms with Gasteiger partial charge in [0.2, 0.25) is 5.91 Å².